The Morgan fingerprint density at radius 2 is 1.72 bits per heavy atom. The molecule has 2 aromatic carbocycles. The van der Waals surface area contributed by atoms with Crippen molar-refractivity contribution in [1.29, 1.82) is 0 Å². The maximum Gasteiger partial charge on any atom is 0.287 e. The van der Waals surface area contributed by atoms with Gasteiger partial charge >= 0.3 is 0 Å². The van der Waals surface area contributed by atoms with Gasteiger partial charge in [0, 0.05) is 21.8 Å². The monoisotopic (exact) mass is 447 g/mol. The van der Waals surface area contributed by atoms with Crippen molar-refractivity contribution in [2.75, 3.05) is 0 Å². The van der Waals surface area contributed by atoms with E-state index in [9.17, 15) is 9.59 Å². The Labute approximate surface area is 188 Å². The molecule has 3 N–H and O–H groups in total. The summed E-state index contributed by atoms with van der Waals surface area (Å²) in [6, 6.07) is 18.3. The van der Waals surface area contributed by atoms with E-state index in [0.29, 0.717) is 17.0 Å². The summed E-state index contributed by atoms with van der Waals surface area (Å²) in [5.74, 6) is 0.476. The molecule has 9 heteroatoms. The second-order valence-corrected chi connectivity index (χ2v) is 8.05. The van der Waals surface area contributed by atoms with Crippen molar-refractivity contribution in [1.82, 2.24) is 26.2 Å². The number of thioether (sulfide) groups is 1. The summed E-state index contributed by atoms with van der Waals surface area (Å²) >= 11 is 1.50. The Balaban J connectivity index is 1.39. The zero-order valence-corrected chi connectivity index (χ0v) is 18.3. The highest BCUT2D eigenvalue weighted by atomic mass is 32.2. The number of amides is 2. The van der Waals surface area contributed by atoms with Crippen molar-refractivity contribution < 1.29 is 14.1 Å². The van der Waals surface area contributed by atoms with Crippen molar-refractivity contribution >= 4 is 23.6 Å². The lowest BCUT2D eigenvalue weighted by molar-refractivity contribution is 0.0842. The van der Waals surface area contributed by atoms with Gasteiger partial charge in [0.05, 0.1) is 17.0 Å². The van der Waals surface area contributed by atoms with Crippen LogP contribution < -0.4 is 10.9 Å². The normalized spacial score (nSPS) is 10.7. The van der Waals surface area contributed by atoms with Gasteiger partial charge in [0.25, 0.3) is 11.8 Å². The fourth-order valence-corrected chi connectivity index (χ4v) is 4.28. The predicted octanol–water partition coefficient (Wildman–Crippen LogP) is 4.05. The average Bonchev–Trinajstić information content (AvgIpc) is 3.44. The third-order valence-electron chi connectivity index (χ3n) is 4.87. The molecule has 0 bridgehead atoms. The number of nitrogens with zero attached hydrogens (tertiary/aromatic N) is 2. The summed E-state index contributed by atoms with van der Waals surface area (Å²) < 4.78 is 5.20. The number of aromatic amines is 1. The lowest BCUT2D eigenvalue weighted by atomic mass is 10.1. The van der Waals surface area contributed by atoms with Crippen molar-refractivity contribution in [2.45, 2.75) is 24.5 Å². The summed E-state index contributed by atoms with van der Waals surface area (Å²) in [5, 5.41) is 10.8. The molecule has 0 saturated carbocycles. The summed E-state index contributed by atoms with van der Waals surface area (Å²) in [7, 11) is 0. The van der Waals surface area contributed by atoms with E-state index < -0.39 is 11.8 Å². The quantitative estimate of drug-likeness (QED) is 0.304. The Morgan fingerprint density at radius 3 is 2.47 bits per heavy atom. The summed E-state index contributed by atoms with van der Waals surface area (Å²) in [4.78, 5) is 26.0. The highest BCUT2D eigenvalue weighted by Gasteiger charge is 2.16. The van der Waals surface area contributed by atoms with Gasteiger partial charge in [0.2, 0.25) is 0 Å². The van der Waals surface area contributed by atoms with Gasteiger partial charge in [0.15, 0.2) is 0 Å². The highest BCUT2D eigenvalue weighted by Crippen LogP contribution is 2.28. The zero-order chi connectivity index (χ0) is 22.5. The van der Waals surface area contributed by atoms with Crippen LogP contribution in [0.4, 0.5) is 0 Å². The first-order valence-corrected chi connectivity index (χ1v) is 10.9. The molecule has 0 unspecified atom stereocenters. The molecule has 0 aliphatic heterocycles. The van der Waals surface area contributed by atoms with Crippen LogP contribution >= 0.6 is 11.8 Å². The summed E-state index contributed by atoms with van der Waals surface area (Å²) in [6.45, 7) is 3.75. The number of hydrogen-bond acceptors (Lipinski definition) is 6. The zero-order valence-electron chi connectivity index (χ0n) is 17.5. The molecule has 0 atom stereocenters. The Bertz CT molecular complexity index is 1230. The van der Waals surface area contributed by atoms with Crippen molar-refractivity contribution in [3.63, 3.8) is 0 Å². The molecule has 162 valence electrons. The van der Waals surface area contributed by atoms with Gasteiger partial charge in [-0.25, -0.2) is 0 Å². The van der Waals surface area contributed by atoms with E-state index in [4.69, 9.17) is 4.52 Å². The van der Waals surface area contributed by atoms with Gasteiger partial charge in [-0.1, -0.05) is 47.6 Å². The third kappa shape index (κ3) is 4.73. The van der Waals surface area contributed by atoms with Crippen LogP contribution in [0.25, 0.3) is 11.3 Å². The molecule has 32 heavy (non-hydrogen) atoms. The minimum Gasteiger partial charge on any atom is -0.361 e. The number of hydrogen-bond donors (Lipinski definition) is 3. The first-order valence-electron chi connectivity index (χ1n) is 9.88. The van der Waals surface area contributed by atoms with Crippen molar-refractivity contribution in [3.05, 3.63) is 88.9 Å². The maximum atomic E-state index is 12.7. The van der Waals surface area contributed by atoms with E-state index in [1.165, 1.54) is 11.8 Å². The van der Waals surface area contributed by atoms with E-state index in [2.05, 4.69) is 26.2 Å². The second-order valence-electron chi connectivity index (χ2n) is 7.03. The molecular weight excluding hydrogens is 426 g/mol. The SMILES string of the molecule is Cc1noc(C)c1CSc1ccccc1C(=O)NNC(=O)c1cc(-c2ccccc2)n[nH]1. The lowest BCUT2D eigenvalue weighted by Crippen LogP contribution is -2.42. The van der Waals surface area contributed by atoms with Gasteiger partial charge in [-0.05, 0) is 32.0 Å². The first kappa shape index (κ1) is 21.4. The molecule has 0 fully saturated rings. The van der Waals surface area contributed by atoms with Crippen LogP contribution in [0.15, 0.2) is 70.1 Å². The molecule has 0 aliphatic rings. The number of H-pyrrole nitrogens is 1. The van der Waals surface area contributed by atoms with Gasteiger partial charge in [-0.15, -0.1) is 11.8 Å². The molecule has 0 saturated heterocycles. The van der Waals surface area contributed by atoms with Crippen LogP contribution in [-0.4, -0.2) is 27.2 Å². The average molecular weight is 448 g/mol. The molecule has 0 aliphatic carbocycles. The topological polar surface area (TPSA) is 113 Å². The molecule has 0 radical (unpaired) electrons. The van der Waals surface area contributed by atoms with Gasteiger partial charge < -0.3 is 4.52 Å². The van der Waals surface area contributed by atoms with Crippen molar-refractivity contribution in [3.8, 4) is 11.3 Å². The molecule has 2 amide bonds. The van der Waals surface area contributed by atoms with Crippen LogP contribution in [0, 0.1) is 13.8 Å². The van der Waals surface area contributed by atoms with E-state index >= 15 is 0 Å². The molecule has 4 aromatic rings. The number of nitrogens with one attached hydrogen (secondary N) is 3. The number of carbonyl (C=O) groups excluding carboxylic acids is 2. The van der Waals surface area contributed by atoms with Crippen LogP contribution in [0.2, 0.25) is 0 Å². The standard InChI is InChI=1S/C23H21N5O3S/c1-14-18(15(2)31-28-14)13-32-21-11-7-6-10-17(21)22(29)26-27-23(30)20-12-19(24-25-20)16-8-4-3-5-9-16/h3-12H,13H2,1-2H3,(H,24,25)(H,26,29)(H,27,30). The van der Waals surface area contributed by atoms with Gasteiger partial charge in [-0.3, -0.25) is 25.5 Å². The molecule has 8 nitrogen and oxygen atoms in total. The van der Waals surface area contributed by atoms with Crippen LogP contribution in [0.3, 0.4) is 0 Å². The molecule has 2 heterocycles. The smallest absolute Gasteiger partial charge is 0.287 e. The van der Waals surface area contributed by atoms with E-state index in [1.54, 1.807) is 18.2 Å². The van der Waals surface area contributed by atoms with Crippen LogP contribution in [0.5, 0.6) is 0 Å². The van der Waals surface area contributed by atoms with E-state index in [0.717, 1.165) is 27.5 Å². The number of hydrazine groups is 1. The summed E-state index contributed by atoms with van der Waals surface area (Å²) in [5.41, 5.74) is 8.97. The Morgan fingerprint density at radius 1 is 1.00 bits per heavy atom. The minimum absolute atomic E-state index is 0.241. The molecule has 2 aromatic heterocycles. The Hall–Kier alpha value is -3.85. The fourth-order valence-electron chi connectivity index (χ4n) is 3.08. The first-order chi connectivity index (χ1) is 15.5. The molecule has 4 rings (SSSR count). The van der Waals surface area contributed by atoms with Crippen molar-refractivity contribution in [2.24, 2.45) is 0 Å². The molecular formula is C23H21N5O3S. The maximum absolute atomic E-state index is 12.7. The lowest BCUT2D eigenvalue weighted by Gasteiger charge is -2.10. The number of aromatic nitrogens is 3. The number of rotatable bonds is 6. The third-order valence-corrected chi connectivity index (χ3v) is 5.97. The fraction of sp³-hybridized carbons (Fsp3) is 0.130. The molecule has 0 spiro atoms. The summed E-state index contributed by atoms with van der Waals surface area (Å²) in [6.07, 6.45) is 0. The minimum atomic E-state index is -0.492. The number of benzene rings is 2. The van der Waals surface area contributed by atoms with Gasteiger partial charge in [-0.2, -0.15) is 5.10 Å². The Kier molecular flexibility index (Phi) is 6.37. The predicted molar refractivity (Wildman–Crippen MR) is 121 cm³/mol. The van der Waals surface area contributed by atoms with Crippen LogP contribution in [-0.2, 0) is 5.75 Å². The number of aryl methyl sites for hydroxylation is 2. The number of carbonyl (C=O) groups is 2. The second kappa shape index (κ2) is 9.52. The van der Waals surface area contributed by atoms with Crippen LogP contribution in [0.1, 0.15) is 37.9 Å². The largest absolute Gasteiger partial charge is 0.361 e. The highest BCUT2D eigenvalue weighted by molar-refractivity contribution is 7.98. The van der Waals surface area contributed by atoms with E-state index in [-0.39, 0.29) is 5.69 Å². The van der Waals surface area contributed by atoms with Gasteiger partial charge in [0.1, 0.15) is 11.5 Å². The van der Waals surface area contributed by atoms with E-state index in [1.807, 2.05) is 56.3 Å².